The highest BCUT2D eigenvalue weighted by molar-refractivity contribution is 9.10. The molecule has 0 unspecified atom stereocenters. The molecule has 2 heterocycles. The Morgan fingerprint density at radius 1 is 0.963 bits per heavy atom. The topological polar surface area (TPSA) is 96.6 Å². The zero-order chi connectivity index (χ0) is 20.3. The minimum atomic E-state index is -0.593. The number of esters is 2. The predicted octanol–water partition coefficient (Wildman–Crippen LogP) is 2.37. The lowest BCUT2D eigenvalue weighted by molar-refractivity contribution is 0.0590. The van der Waals surface area contributed by atoms with Crippen LogP contribution in [0.5, 0.6) is 0 Å². The van der Waals surface area contributed by atoms with Crippen molar-refractivity contribution in [1.82, 2.24) is 9.13 Å². The maximum Gasteiger partial charge on any atom is 0.339 e. The number of aromatic nitrogens is 2. The zero-order valence-corrected chi connectivity index (χ0v) is 17.9. The summed E-state index contributed by atoms with van der Waals surface area (Å²) in [4.78, 5) is 48.4. The van der Waals surface area contributed by atoms with E-state index >= 15 is 0 Å². The van der Waals surface area contributed by atoms with Crippen molar-refractivity contribution in [2.24, 2.45) is 0 Å². The number of ether oxygens (including phenoxy) is 2. The van der Waals surface area contributed by atoms with Gasteiger partial charge in [-0.05, 0) is 50.9 Å². The third kappa shape index (κ3) is 4.56. The molecule has 0 aromatic carbocycles. The molecule has 0 N–H and O–H groups in total. The third-order valence-corrected chi connectivity index (χ3v) is 4.96. The molecule has 0 saturated heterocycles. The van der Waals surface area contributed by atoms with Crippen molar-refractivity contribution in [2.45, 2.75) is 19.5 Å². The maximum absolute atomic E-state index is 12.4. The van der Waals surface area contributed by atoms with Gasteiger partial charge in [-0.15, -0.1) is 0 Å². The number of carbonyl (C=O) groups is 2. The van der Waals surface area contributed by atoms with E-state index in [9.17, 15) is 19.2 Å². The van der Waals surface area contributed by atoms with Crippen molar-refractivity contribution in [2.75, 3.05) is 14.2 Å². The minimum Gasteiger partial charge on any atom is -0.465 e. The summed E-state index contributed by atoms with van der Waals surface area (Å²) in [6, 6.07) is 2.24. The number of hydrogen-bond acceptors (Lipinski definition) is 6. The van der Waals surface area contributed by atoms with Crippen LogP contribution >= 0.6 is 31.9 Å². The van der Waals surface area contributed by atoms with E-state index in [2.05, 4.69) is 41.3 Å². The van der Waals surface area contributed by atoms with E-state index in [-0.39, 0.29) is 37.7 Å². The van der Waals surface area contributed by atoms with Crippen molar-refractivity contribution >= 4 is 43.8 Å². The van der Waals surface area contributed by atoms with Gasteiger partial charge in [-0.1, -0.05) is 0 Å². The first-order valence-corrected chi connectivity index (χ1v) is 9.26. The predicted molar refractivity (Wildman–Crippen MR) is 104 cm³/mol. The first kappa shape index (κ1) is 21.1. The molecule has 0 bridgehead atoms. The number of rotatable bonds is 5. The molecule has 0 fully saturated rings. The van der Waals surface area contributed by atoms with E-state index in [0.29, 0.717) is 0 Å². The van der Waals surface area contributed by atoms with Crippen molar-refractivity contribution in [3.05, 3.63) is 65.3 Å². The molecule has 0 spiro atoms. The van der Waals surface area contributed by atoms with Crippen LogP contribution in [0.4, 0.5) is 0 Å². The average Bonchev–Trinajstić information content (AvgIpc) is 2.65. The second-order valence-corrected chi connectivity index (χ2v) is 7.36. The second-order valence-electron chi connectivity index (χ2n) is 5.66. The molecule has 2 aromatic heterocycles. The summed E-state index contributed by atoms with van der Waals surface area (Å²) < 4.78 is 12.4. The lowest BCUT2D eigenvalue weighted by atomic mass is 10.2. The van der Waals surface area contributed by atoms with Gasteiger partial charge in [0.1, 0.15) is 0 Å². The maximum atomic E-state index is 12.4. The standard InChI is InChI=1S/C17H16Br2N2O6/c1-9(21-8-11(17(25)27-3)5-13(19)15(21)23)6-20-7-10(16(24)26-2)4-12(18)14(20)22/h4-5,7-9H,6H2,1-3H3/t9-/m0/s1. The van der Waals surface area contributed by atoms with Crippen LogP contribution in [-0.2, 0) is 16.0 Å². The molecule has 0 amide bonds. The lowest BCUT2D eigenvalue weighted by Gasteiger charge is -2.18. The Morgan fingerprint density at radius 3 is 1.96 bits per heavy atom. The normalized spacial score (nSPS) is 11.7. The molecule has 1 atom stereocenters. The van der Waals surface area contributed by atoms with Gasteiger partial charge in [0, 0.05) is 18.9 Å². The summed E-state index contributed by atoms with van der Waals surface area (Å²) >= 11 is 6.26. The second kappa shape index (κ2) is 8.66. The smallest absolute Gasteiger partial charge is 0.339 e. The van der Waals surface area contributed by atoms with Crippen LogP contribution in [-0.4, -0.2) is 35.3 Å². The minimum absolute atomic E-state index is 0.0826. The van der Waals surface area contributed by atoms with Crippen LogP contribution in [0.15, 0.2) is 43.1 Å². The molecular formula is C17H16Br2N2O6. The molecule has 10 heteroatoms. The van der Waals surface area contributed by atoms with Crippen LogP contribution in [0.2, 0.25) is 0 Å². The van der Waals surface area contributed by atoms with Gasteiger partial charge in [-0.2, -0.15) is 0 Å². The summed E-state index contributed by atoms with van der Waals surface area (Å²) in [7, 11) is 2.48. The fourth-order valence-electron chi connectivity index (χ4n) is 2.46. The molecule has 144 valence electrons. The Morgan fingerprint density at radius 2 is 1.44 bits per heavy atom. The quantitative estimate of drug-likeness (QED) is 0.581. The first-order chi connectivity index (χ1) is 12.7. The van der Waals surface area contributed by atoms with Crippen LogP contribution in [0, 0.1) is 0 Å². The molecule has 2 aromatic rings. The van der Waals surface area contributed by atoms with Crippen molar-refractivity contribution in [1.29, 1.82) is 0 Å². The summed E-state index contributed by atoms with van der Waals surface area (Å²) in [5, 5.41) is 0. The Labute approximate surface area is 171 Å². The SMILES string of the molecule is COC(=O)c1cc(Br)c(=O)n(C[C@H](C)n2cc(C(=O)OC)cc(Br)c2=O)c1. The van der Waals surface area contributed by atoms with Gasteiger partial charge >= 0.3 is 11.9 Å². The third-order valence-electron chi connectivity index (χ3n) is 3.82. The summed E-state index contributed by atoms with van der Waals surface area (Å²) in [5.41, 5.74) is -0.363. The molecule has 8 nitrogen and oxygen atoms in total. The van der Waals surface area contributed by atoms with E-state index in [0.717, 1.165) is 0 Å². The summed E-state index contributed by atoms with van der Waals surface area (Å²) in [5.74, 6) is -1.19. The highest BCUT2D eigenvalue weighted by atomic mass is 79.9. The molecule has 0 aliphatic carbocycles. The van der Waals surface area contributed by atoms with E-state index in [1.165, 1.54) is 47.9 Å². The van der Waals surface area contributed by atoms with Gasteiger partial charge in [0.15, 0.2) is 0 Å². The number of hydrogen-bond donors (Lipinski definition) is 0. The van der Waals surface area contributed by atoms with E-state index in [4.69, 9.17) is 0 Å². The van der Waals surface area contributed by atoms with Gasteiger partial charge in [0.2, 0.25) is 0 Å². The van der Waals surface area contributed by atoms with Gasteiger partial charge in [-0.3, -0.25) is 9.59 Å². The molecule has 0 saturated carbocycles. The van der Waals surface area contributed by atoms with Gasteiger partial charge in [0.25, 0.3) is 11.1 Å². The Balaban J connectivity index is 2.48. The van der Waals surface area contributed by atoms with E-state index in [1.807, 2.05) is 0 Å². The van der Waals surface area contributed by atoms with Crippen molar-refractivity contribution in [3.8, 4) is 0 Å². The zero-order valence-electron chi connectivity index (χ0n) is 14.7. The fraction of sp³-hybridized carbons (Fsp3) is 0.294. The molecule has 0 aliphatic heterocycles. The molecule has 0 radical (unpaired) electrons. The van der Waals surface area contributed by atoms with Gasteiger partial charge in [-0.25, -0.2) is 9.59 Å². The van der Waals surface area contributed by atoms with E-state index in [1.54, 1.807) is 6.92 Å². The van der Waals surface area contributed by atoms with Crippen LogP contribution in [0.3, 0.4) is 0 Å². The highest BCUT2D eigenvalue weighted by Gasteiger charge is 2.17. The van der Waals surface area contributed by atoms with Gasteiger partial charge in [0.05, 0.1) is 40.3 Å². The van der Waals surface area contributed by atoms with Crippen LogP contribution in [0.1, 0.15) is 33.7 Å². The molecule has 27 heavy (non-hydrogen) atoms. The summed E-state index contributed by atoms with van der Waals surface area (Å²) in [6.07, 6.45) is 2.73. The average molecular weight is 504 g/mol. The number of nitrogens with zero attached hydrogens (tertiary/aromatic N) is 2. The Bertz CT molecular complexity index is 1010. The Kier molecular flexibility index (Phi) is 6.77. The monoisotopic (exact) mass is 502 g/mol. The molecular weight excluding hydrogens is 488 g/mol. The molecule has 2 rings (SSSR count). The summed E-state index contributed by atoms with van der Waals surface area (Å²) in [6.45, 7) is 1.79. The highest BCUT2D eigenvalue weighted by Crippen LogP contribution is 2.15. The largest absolute Gasteiger partial charge is 0.465 e. The van der Waals surface area contributed by atoms with Crippen molar-refractivity contribution < 1.29 is 19.1 Å². The van der Waals surface area contributed by atoms with Crippen LogP contribution < -0.4 is 11.1 Å². The number of halogens is 2. The van der Waals surface area contributed by atoms with E-state index < -0.39 is 18.0 Å². The fourth-order valence-corrected chi connectivity index (χ4v) is 3.39. The van der Waals surface area contributed by atoms with Gasteiger partial charge < -0.3 is 18.6 Å². The molecule has 0 aliphatic rings. The Hall–Kier alpha value is -2.20. The number of methoxy groups -OCH3 is 2. The first-order valence-electron chi connectivity index (χ1n) is 7.67. The number of carbonyl (C=O) groups excluding carboxylic acids is 2. The van der Waals surface area contributed by atoms with Crippen LogP contribution in [0.25, 0.3) is 0 Å². The number of pyridine rings is 2. The lowest BCUT2D eigenvalue weighted by Crippen LogP contribution is -2.31. The van der Waals surface area contributed by atoms with Crippen molar-refractivity contribution in [3.63, 3.8) is 0 Å².